The summed E-state index contributed by atoms with van der Waals surface area (Å²) in [6, 6.07) is 0. The molecular weight excluding hydrogens is 285 g/mol. The van der Waals surface area contributed by atoms with Gasteiger partial charge in [-0.3, -0.25) is 0 Å². The van der Waals surface area contributed by atoms with Crippen molar-refractivity contribution in [2.75, 3.05) is 6.54 Å². The number of rotatable bonds is 0. The average Bonchev–Trinajstić information content (AvgIpc) is 2.47. The van der Waals surface area contributed by atoms with E-state index >= 15 is 0 Å². The highest BCUT2D eigenvalue weighted by Crippen LogP contribution is 2.15. The molecular formula is C7H8IN3O2. The number of fused-ring (bicyclic) bond motifs is 1. The molecule has 0 saturated heterocycles. The summed E-state index contributed by atoms with van der Waals surface area (Å²) in [5.74, 6) is 0. The van der Waals surface area contributed by atoms with Crippen molar-refractivity contribution in [3.63, 3.8) is 0 Å². The molecule has 0 aliphatic carbocycles. The third-order valence-corrected chi connectivity index (χ3v) is 2.97. The summed E-state index contributed by atoms with van der Waals surface area (Å²) in [5.41, 5.74) is 0.970. The number of nitrogens with zero attached hydrogens (tertiary/aromatic N) is 3. The van der Waals surface area contributed by atoms with Crippen LogP contribution in [0.2, 0.25) is 0 Å². The quantitative estimate of drug-likeness (QED) is 0.725. The third kappa shape index (κ3) is 1.50. The SMILES string of the molecule is O=C(O)N1CCn2c(cnc2I)C1. The highest BCUT2D eigenvalue weighted by atomic mass is 127. The Morgan fingerprint density at radius 3 is 3.08 bits per heavy atom. The predicted molar refractivity (Wildman–Crippen MR) is 53.4 cm³/mol. The Balaban J connectivity index is 2.25. The van der Waals surface area contributed by atoms with E-state index in [-0.39, 0.29) is 0 Å². The zero-order valence-electron chi connectivity index (χ0n) is 6.77. The van der Waals surface area contributed by atoms with E-state index < -0.39 is 6.09 Å². The zero-order valence-corrected chi connectivity index (χ0v) is 8.93. The monoisotopic (exact) mass is 293 g/mol. The van der Waals surface area contributed by atoms with Crippen molar-refractivity contribution in [1.82, 2.24) is 14.5 Å². The van der Waals surface area contributed by atoms with Gasteiger partial charge in [0.25, 0.3) is 0 Å². The standard InChI is InChI=1S/C7H8IN3O2/c8-6-9-3-5-4-10(7(12)13)1-2-11(5)6/h3H,1-2,4H2,(H,12,13). The van der Waals surface area contributed by atoms with E-state index in [1.54, 1.807) is 6.20 Å². The molecule has 0 unspecified atom stereocenters. The van der Waals surface area contributed by atoms with Gasteiger partial charge in [-0.25, -0.2) is 9.78 Å². The van der Waals surface area contributed by atoms with E-state index in [1.165, 1.54) is 4.90 Å². The minimum atomic E-state index is -0.859. The van der Waals surface area contributed by atoms with E-state index in [9.17, 15) is 4.79 Å². The van der Waals surface area contributed by atoms with Gasteiger partial charge in [-0.1, -0.05) is 0 Å². The molecule has 0 radical (unpaired) electrons. The molecule has 0 saturated carbocycles. The molecule has 0 aromatic carbocycles. The van der Waals surface area contributed by atoms with Crippen LogP contribution in [0.4, 0.5) is 4.79 Å². The Labute approximate surface area is 88.5 Å². The summed E-state index contributed by atoms with van der Waals surface area (Å²) >= 11 is 2.15. The lowest BCUT2D eigenvalue weighted by Crippen LogP contribution is -2.37. The van der Waals surface area contributed by atoms with Crippen LogP contribution < -0.4 is 0 Å². The van der Waals surface area contributed by atoms with Gasteiger partial charge in [0.15, 0.2) is 3.83 Å². The second-order valence-electron chi connectivity index (χ2n) is 2.87. The number of hydrogen-bond acceptors (Lipinski definition) is 2. The lowest BCUT2D eigenvalue weighted by molar-refractivity contribution is 0.132. The van der Waals surface area contributed by atoms with Crippen molar-refractivity contribution in [3.8, 4) is 0 Å². The molecule has 1 aliphatic heterocycles. The van der Waals surface area contributed by atoms with Crippen LogP contribution in [-0.2, 0) is 13.1 Å². The van der Waals surface area contributed by atoms with Gasteiger partial charge in [0.1, 0.15) is 0 Å². The van der Waals surface area contributed by atoms with Gasteiger partial charge in [-0.15, -0.1) is 0 Å². The Morgan fingerprint density at radius 2 is 2.38 bits per heavy atom. The van der Waals surface area contributed by atoms with Gasteiger partial charge < -0.3 is 14.6 Å². The number of amides is 1. The fourth-order valence-electron chi connectivity index (χ4n) is 1.41. The van der Waals surface area contributed by atoms with Crippen molar-refractivity contribution in [2.45, 2.75) is 13.1 Å². The predicted octanol–water partition coefficient (Wildman–Crippen LogP) is 0.981. The molecule has 1 aliphatic rings. The zero-order chi connectivity index (χ0) is 9.42. The molecule has 0 bridgehead atoms. The first-order chi connectivity index (χ1) is 6.18. The second kappa shape index (κ2) is 3.17. The molecule has 6 heteroatoms. The Bertz CT molecular complexity index is 350. The molecule has 1 amide bonds. The molecule has 0 atom stereocenters. The Hall–Kier alpha value is -0.790. The van der Waals surface area contributed by atoms with E-state index in [4.69, 9.17) is 5.11 Å². The van der Waals surface area contributed by atoms with Crippen LogP contribution in [0.1, 0.15) is 5.69 Å². The number of aromatic nitrogens is 2. The highest BCUT2D eigenvalue weighted by Gasteiger charge is 2.21. The molecule has 1 aromatic rings. The molecule has 5 nitrogen and oxygen atoms in total. The maximum Gasteiger partial charge on any atom is 0.407 e. The number of carbonyl (C=O) groups is 1. The van der Waals surface area contributed by atoms with Crippen molar-refractivity contribution in [2.24, 2.45) is 0 Å². The van der Waals surface area contributed by atoms with Gasteiger partial charge in [0.2, 0.25) is 0 Å². The fourth-order valence-corrected chi connectivity index (χ4v) is 2.10. The van der Waals surface area contributed by atoms with Crippen molar-refractivity contribution < 1.29 is 9.90 Å². The van der Waals surface area contributed by atoms with Gasteiger partial charge in [0, 0.05) is 13.1 Å². The maximum absolute atomic E-state index is 10.7. The smallest absolute Gasteiger partial charge is 0.407 e. The Morgan fingerprint density at radius 1 is 1.62 bits per heavy atom. The average molecular weight is 293 g/mol. The van der Waals surface area contributed by atoms with Crippen LogP contribution in [-0.4, -0.2) is 32.2 Å². The van der Waals surface area contributed by atoms with Crippen LogP contribution in [0.5, 0.6) is 0 Å². The lowest BCUT2D eigenvalue weighted by Gasteiger charge is -2.25. The summed E-state index contributed by atoms with van der Waals surface area (Å²) in [5, 5.41) is 8.77. The normalized spacial score (nSPS) is 15.6. The van der Waals surface area contributed by atoms with Gasteiger partial charge in [-0.05, 0) is 22.6 Å². The molecule has 2 rings (SSSR count). The summed E-state index contributed by atoms with van der Waals surface area (Å²) in [4.78, 5) is 16.2. The van der Waals surface area contributed by atoms with E-state index in [0.717, 1.165) is 9.53 Å². The largest absolute Gasteiger partial charge is 0.465 e. The van der Waals surface area contributed by atoms with Crippen LogP contribution in [0.15, 0.2) is 6.20 Å². The van der Waals surface area contributed by atoms with E-state index in [2.05, 4.69) is 27.6 Å². The number of carboxylic acid groups (broad SMARTS) is 1. The molecule has 0 spiro atoms. The minimum Gasteiger partial charge on any atom is -0.465 e. The van der Waals surface area contributed by atoms with E-state index in [1.807, 2.05) is 4.57 Å². The molecule has 1 N–H and O–H groups in total. The molecule has 13 heavy (non-hydrogen) atoms. The molecule has 2 heterocycles. The third-order valence-electron chi connectivity index (χ3n) is 2.11. The summed E-state index contributed by atoms with van der Waals surface area (Å²) in [6.07, 6.45) is 0.874. The molecule has 70 valence electrons. The van der Waals surface area contributed by atoms with Gasteiger partial charge in [-0.2, -0.15) is 0 Å². The number of imidazole rings is 1. The van der Waals surface area contributed by atoms with Gasteiger partial charge in [0.05, 0.1) is 18.4 Å². The second-order valence-corrected chi connectivity index (χ2v) is 3.84. The molecule has 0 fully saturated rings. The first-order valence-corrected chi connectivity index (χ1v) is 4.94. The van der Waals surface area contributed by atoms with Crippen LogP contribution in [0, 0.1) is 3.83 Å². The minimum absolute atomic E-state index is 0.450. The summed E-state index contributed by atoms with van der Waals surface area (Å²) < 4.78 is 2.97. The Kier molecular flexibility index (Phi) is 2.14. The lowest BCUT2D eigenvalue weighted by atomic mass is 10.3. The van der Waals surface area contributed by atoms with Crippen molar-refractivity contribution in [3.05, 3.63) is 15.7 Å². The molecule has 1 aromatic heterocycles. The number of hydrogen-bond donors (Lipinski definition) is 1. The topological polar surface area (TPSA) is 58.4 Å². The highest BCUT2D eigenvalue weighted by molar-refractivity contribution is 14.1. The van der Waals surface area contributed by atoms with Crippen molar-refractivity contribution >= 4 is 28.7 Å². The van der Waals surface area contributed by atoms with E-state index in [0.29, 0.717) is 19.6 Å². The fraction of sp³-hybridized carbons (Fsp3) is 0.429. The maximum atomic E-state index is 10.7. The first-order valence-electron chi connectivity index (χ1n) is 3.86. The summed E-state index contributed by atoms with van der Waals surface area (Å²) in [7, 11) is 0. The van der Waals surface area contributed by atoms with Crippen LogP contribution >= 0.6 is 22.6 Å². The summed E-state index contributed by atoms with van der Waals surface area (Å²) in [6.45, 7) is 1.71. The first kappa shape index (κ1) is 8.79. The van der Waals surface area contributed by atoms with Crippen molar-refractivity contribution in [1.29, 1.82) is 0 Å². The van der Waals surface area contributed by atoms with Gasteiger partial charge >= 0.3 is 6.09 Å². The van der Waals surface area contributed by atoms with Crippen LogP contribution in [0.25, 0.3) is 0 Å². The number of halogens is 1. The van der Waals surface area contributed by atoms with Crippen LogP contribution in [0.3, 0.4) is 0 Å².